The second kappa shape index (κ2) is 6.42. The molecule has 3 rings (SSSR count). The quantitative estimate of drug-likeness (QED) is 0.410. The molecule has 2 aromatic heterocycles. The van der Waals surface area contributed by atoms with Gasteiger partial charge in [0.2, 0.25) is 5.65 Å². The highest BCUT2D eigenvalue weighted by atomic mass is 32.2. The number of thioether (sulfide) groups is 1. The Labute approximate surface area is 138 Å². The van der Waals surface area contributed by atoms with Crippen molar-refractivity contribution < 1.29 is 0 Å². The van der Waals surface area contributed by atoms with E-state index in [1.54, 1.807) is 26.9 Å². The third-order valence-corrected chi connectivity index (χ3v) is 4.58. The van der Waals surface area contributed by atoms with Gasteiger partial charge in [0.1, 0.15) is 0 Å². The highest BCUT2D eigenvalue weighted by Gasteiger charge is 2.12. The van der Waals surface area contributed by atoms with Crippen molar-refractivity contribution in [1.82, 2.24) is 19.2 Å². The Balaban J connectivity index is 2.06. The van der Waals surface area contributed by atoms with Crippen molar-refractivity contribution in [2.24, 2.45) is 0 Å². The first kappa shape index (κ1) is 15.6. The maximum Gasteiger partial charge on any atom is 0.300 e. The average Bonchev–Trinajstić information content (AvgIpc) is 2.93. The molecule has 0 bridgehead atoms. The molecule has 0 aliphatic rings. The number of aromatic nitrogens is 4. The molecule has 0 saturated carbocycles. The summed E-state index contributed by atoms with van der Waals surface area (Å²) in [6.07, 6.45) is 6.36. The average molecular weight is 326 g/mol. The Bertz CT molecular complexity index is 926. The van der Waals surface area contributed by atoms with Gasteiger partial charge in [-0.2, -0.15) is 0 Å². The molecule has 0 atom stereocenters. The van der Waals surface area contributed by atoms with Crippen molar-refractivity contribution >= 4 is 17.4 Å². The summed E-state index contributed by atoms with van der Waals surface area (Å²) in [5, 5.41) is 8.92. The summed E-state index contributed by atoms with van der Waals surface area (Å²) < 4.78 is 3.37. The molecule has 0 amide bonds. The highest BCUT2D eigenvalue weighted by molar-refractivity contribution is 7.99. The van der Waals surface area contributed by atoms with Crippen LogP contribution in [0.1, 0.15) is 17.5 Å². The second-order valence-corrected chi connectivity index (χ2v) is 6.43. The fraction of sp³-hybridized carbons (Fsp3) is 0.235. The zero-order valence-corrected chi connectivity index (χ0v) is 14.0. The molecule has 0 radical (unpaired) electrons. The topological polar surface area (TPSA) is 52.2 Å². The van der Waals surface area contributed by atoms with Crippen LogP contribution in [0.4, 0.5) is 0 Å². The van der Waals surface area contributed by atoms with Crippen LogP contribution < -0.4 is 5.56 Å². The number of allylic oxidation sites excluding steroid dienone is 1. The summed E-state index contributed by atoms with van der Waals surface area (Å²) in [4.78, 5) is 12.7. The lowest BCUT2D eigenvalue weighted by atomic mass is 10.1. The van der Waals surface area contributed by atoms with E-state index in [0.717, 1.165) is 28.6 Å². The van der Waals surface area contributed by atoms with Crippen LogP contribution in [0.25, 0.3) is 11.3 Å². The largest absolute Gasteiger partial charge is 0.300 e. The molecule has 2 heterocycles. The van der Waals surface area contributed by atoms with E-state index in [1.807, 2.05) is 38.3 Å². The van der Waals surface area contributed by atoms with Crippen molar-refractivity contribution in [3.63, 3.8) is 0 Å². The molecule has 6 heteroatoms. The SMILES string of the molecule is C=CCCSc1nnc2c(=O)n(-c3ccc(C)cc3C)ccn12. The lowest BCUT2D eigenvalue weighted by Crippen LogP contribution is -2.21. The monoisotopic (exact) mass is 326 g/mol. The van der Waals surface area contributed by atoms with E-state index in [-0.39, 0.29) is 5.56 Å². The maximum absolute atomic E-state index is 12.7. The van der Waals surface area contributed by atoms with E-state index in [4.69, 9.17) is 0 Å². The summed E-state index contributed by atoms with van der Waals surface area (Å²) in [6.45, 7) is 7.74. The Morgan fingerprint density at radius 2 is 2.09 bits per heavy atom. The van der Waals surface area contributed by atoms with Crippen molar-refractivity contribution in [3.8, 4) is 5.69 Å². The molecule has 23 heavy (non-hydrogen) atoms. The van der Waals surface area contributed by atoms with Gasteiger partial charge in [0.15, 0.2) is 5.16 Å². The number of fused-ring (bicyclic) bond motifs is 1. The van der Waals surface area contributed by atoms with Crippen LogP contribution in [0.3, 0.4) is 0 Å². The first-order valence-electron chi connectivity index (χ1n) is 7.39. The highest BCUT2D eigenvalue weighted by Crippen LogP contribution is 2.18. The predicted molar refractivity (Wildman–Crippen MR) is 93.6 cm³/mol. The van der Waals surface area contributed by atoms with Gasteiger partial charge in [-0.1, -0.05) is 35.5 Å². The van der Waals surface area contributed by atoms with Crippen LogP contribution in [-0.2, 0) is 0 Å². The van der Waals surface area contributed by atoms with E-state index in [1.165, 1.54) is 5.56 Å². The Kier molecular flexibility index (Phi) is 4.34. The Morgan fingerprint density at radius 1 is 1.26 bits per heavy atom. The molecular weight excluding hydrogens is 308 g/mol. The number of hydrogen-bond donors (Lipinski definition) is 0. The van der Waals surface area contributed by atoms with Gasteiger partial charge in [-0.05, 0) is 31.9 Å². The number of aryl methyl sites for hydroxylation is 2. The molecule has 0 fully saturated rings. The zero-order valence-electron chi connectivity index (χ0n) is 13.2. The standard InChI is InChI=1S/C17H18N4OS/c1-4-5-10-23-17-19-18-15-16(22)20(8-9-21(15)17)14-7-6-12(2)11-13(14)3/h4,6-9,11H,1,5,10H2,2-3H3. The van der Waals surface area contributed by atoms with Crippen LogP contribution in [0, 0.1) is 13.8 Å². The molecule has 5 nitrogen and oxygen atoms in total. The van der Waals surface area contributed by atoms with Crippen molar-refractivity contribution in [3.05, 3.63) is 64.7 Å². The fourth-order valence-electron chi connectivity index (χ4n) is 2.46. The minimum atomic E-state index is -0.164. The van der Waals surface area contributed by atoms with Gasteiger partial charge >= 0.3 is 5.56 Å². The van der Waals surface area contributed by atoms with Crippen LogP contribution in [-0.4, -0.2) is 24.9 Å². The lowest BCUT2D eigenvalue weighted by Gasteiger charge is -2.10. The minimum Gasteiger partial charge on any atom is -0.279 e. The van der Waals surface area contributed by atoms with Gasteiger partial charge in [-0.15, -0.1) is 16.8 Å². The first-order valence-corrected chi connectivity index (χ1v) is 8.38. The van der Waals surface area contributed by atoms with E-state index in [9.17, 15) is 4.79 Å². The summed E-state index contributed by atoms with van der Waals surface area (Å²) in [5.41, 5.74) is 3.27. The van der Waals surface area contributed by atoms with Crippen molar-refractivity contribution in [2.75, 3.05) is 5.75 Å². The molecule has 0 aliphatic heterocycles. The van der Waals surface area contributed by atoms with Crippen molar-refractivity contribution in [2.45, 2.75) is 25.4 Å². The van der Waals surface area contributed by atoms with Crippen LogP contribution in [0.15, 0.2) is 53.2 Å². The van der Waals surface area contributed by atoms with E-state index in [0.29, 0.717) is 5.65 Å². The third-order valence-electron chi connectivity index (χ3n) is 3.60. The Hall–Kier alpha value is -2.34. The maximum atomic E-state index is 12.7. The van der Waals surface area contributed by atoms with Gasteiger partial charge in [0, 0.05) is 18.1 Å². The van der Waals surface area contributed by atoms with Gasteiger partial charge in [0.05, 0.1) is 5.69 Å². The van der Waals surface area contributed by atoms with Crippen LogP contribution >= 0.6 is 11.8 Å². The molecule has 1 aromatic carbocycles. The van der Waals surface area contributed by atoms with Crippen molar-refractivity contribution in [1.29, 1.82) is 0 Å². The molecule has 0 N–H and O–H groups in total. The number of nitrogens with zero attached hydrogens (tertiary/aromatic N) is 4. The zero-order chi connectivity index (χ0) is 16.4. The molecule has 118 valence electrons. The predicted octanol–water partition coefficient (Wildman–Crippen LogP) is 3.17. The van der Waals surface area contributed by atoms with Crippen LogP contribution in [0.2, 0.25) is 0 Å². The van der Waals surface area contributed by atoms with Gasteiger partial charge in [-0.25, -0.2) is 0 Å². The summed E-state index contributed by atoms with van der Waals surface area (Å²) in [7, 11) is 0. The normalized spacial score (nSPS) is 11.0. The number of rotatable bonds is 5. The fourth-order valence-corrected chi connectivity index (χ4v) is 3.32. The molecule has 3 aromatic rings. The molecule has 0 unspecified atom stereocenters. The molecular formula is C17H18N4OS. The van der Waals surface area contributed by atoms with E-state index >= 15 is 0 Å². The van der Waals surface area contributed by atoms with Gasteiger partial charge in [0.25, 0.3) is 0 Å². The molecule has 0 saturated heterocycles. The van der Waals surface area contributed by atoms with Gasteiger partial charge < -0.3 is 0 Å². The van der Waals surface area contributed by atoms with Crippen LogP contribution in [0.5, 0.6) is 0 Å². The summed E-state index contributed by atoms with van der Waals surface area (Å²) in [5.74, 6) is 0.866. The molecule has 0 spiro atoms. The third kappa shape index (κ3) is 2.94. The number of hydrogen-bond acceptors (Lipinski definition) is 4. The smallest absolute Gasteiger partial charge is 0.279 e. The van der Waals surface area contributed by atoms with Gasteiger partial charge in [-0.3, -0.25) is 13.8 Å². The minimum absolute atomic E-state index is 0.164. The van der Waals surface area contributed by atoms with E-state index < -0.39 is 0 Å². The lowest BCUT2D eigenvalue weighted by molar-refractivity contribution is 0.890. The number of benzene rings is 1. The first-order chi connectivity index (χ1) is 11.1. The summed E-state index contributed by atoms with van der Waals surface area (Å²) >= 11 is 1.57. The van der Waals surface area contributed by atoms with E-state index in [2.05, 4.69) is 22.8 Å². The Morgan fingerprint density at radius 3 is 2.83 bits per heavy atom. The second-order valence-electron chi connectivity index (χ2n) is 5.37. The molecule has 0 aliphatic carbocycles. The summed E-state index contributed by atoms with van der Waals surface area (Å²) in [6, 6.07) is 6.02.